The van der Waals surface area contributed by atoms with E-state index >= 15 is 0 Å². The minimum Gasteiger partial charge on any atom is -0.469 e. The quantitative estimate of drug-likeness (QED) is 0.708. The van der Waals surface area contributed by atoms with Crippen LogP contribution in [0.15, 0.2) is 0 Å². The molecular formula is C12H21NO4. The van der Waals surface area contributed by atoms with Gasteiger partial charge in [-0.25, -0.2) is 0 Å². The molecule has 0 radical (unpaired) electrons. The average Bonchev–Trinajstić information content (AvgIpc) is 2.83. The second-order valence-corrected chi connectivity index (χ2v) is 4.88. The molecule has 0 aliphatic carbocycles. The lowest BCUT2D eigenvalue weighted by Gasteiger charge is -2.35. The van der Waals surface area contributed by atoms with E-state index in [0.717, 1.165) is 32.5 Å². The molecule has 0 aromatic heterocycles. The molecule has 0 bridgehead atoms. The number of methoxy groups -OCH3 is 1. The third-order valence-corrected chi connectivity index (χ3v) is 3.65. The second-order valence-electron chi connectivity index (χ2n) is 4.88. The lowest BCUT2D eigenvalue weighted by atomic mass is 9.94. The lowest BCUT2D eigenvalue weighted by molar-refractivity contribution is -0.153. The molecule has 0 unspecified atom stereocenters. The maximum atomic E-state index is 11.5. The molecule has 2 heterocycles. The topological polar surface area (TPSA) is 59.0 Å². The largest absolute Gasteiger partial charge is 0.469 e. The molecule has 0 saturated carbocycles. The van der Waals surface area contributed by atoms with Crippen LogP contribution in [0.4, 0.5) is 0 Å². The maximum Gasteiger partial charge on any atom is 0.312 e. The molecule has 0 aromatic carbocycles. The van der Waals surface area contributed by atoms with Gasteiger partial charge in [0, 0.05) is 26.2 Å². The van der Waals surface area contributed by atoms with Gasteiger partial charge in [0.15, 0.2) is 0 Å². The Bertz CT molecular complexity index is 265. The van der Waals surface area contributed by atoms with E-state index in [-0.39, 0.29) is 5.97 Å². The smallest absolute Gasteiger partial charge is 0.312 e. The van der Waals surface area contributed by atoms with E-state index in [1.807, 2.05) is 0 Å². The van der Waals surface area contributed by atoms with Crippen molar-refractivity contribution in [3.63, 3.8) is 0 Å². The van der Waals surface area contributed by atoms with E-state index in [4.69, 9.17) is 9.47 Å². The number of aliphatic hydroxyl groups excluding tert-OH is 1. The van der Waals surface area contributed by atoms with E-state index in [0.29, 0.717) is 19.1 Å². The fraction of sp³-hybridized carbons (Fsp3) is 0.917. The van der Waals surface area contributed by atoms with Crippen LogP contribution < -0.4 is 0 Å². The van der Waals surface area contributed by atoms with E-state index in [2.05, 4.69) is 4.90 Å². The van der Waals surface area contributed by atoms with E-state index in [1.54, 1.807) is 0 Å². The van der Waals surface area contributed by atoms with Crippen LogP contribution in [0.2, 0.25) is 0 Å². The number of carbonyl (C=O) groups excluding carboxylic acids is 1. The van der Waals surface area contributed by atoms with Crippen LogP contribution in [0.5, 0.6) is 0 Å². The predicted octanol–water partition coefficient (Wildman–Crippen LogP) is 0.0212. The summed E-state index contributed by atoms with van der Waals surface area (Å²) in [7, 11) is 1.37. The zero-order valence-electron chi connectivity index (χ0n) is 10.3. The molecule has 2 aliphatic heterocycles. The number of ether oxygens (including phenoxy) is 2. The van der Waals surface area contributed by atoms with Crippen LogP contribution in [0.25, 0.3) is 0 Å². The van der Waals surface area contributed by atoms with Crippen LogP contribution >= 0.6 is 0 Å². The summed E-state index contributed by atoms with van der Waals surface area (Å²) >= 11 is 0. The minimum absolute atomic E-state index is 0.295. The van der Waals surface area contributed by atoms with Gasteiger partial charge in [0.1, 0.15) is 0 Å². The highest BCUT2D eigenvalue weighted by Gasteiger charge is 2.34. The molecule has 0 amide bonds. The van der Waals surface area contributed by atoms with Crippen molar-refractivity contribution in [1.29, 1.82) is 0 Å². The lowest BCUT2D eigenvalue weighted by Crippen LogP contribution is -2.48. The molecule has 2 saturated heterocycles. The third kappa shape index (κ3) is 3.18. The zero-order chi connectivity index (χ0) is 12.3. The normalized spacial score (nSPS) is 34.8. The Morgan fingerprint density at radius 3 is 3.00 bits per heavy atom. The van der Waals surface area contributed by atoms with Crippen LogP contribution in [0.3, 0.4) is 0 Å². The van der Waals surface area contributed by atoms with Gasteiger partial charge in [-0.3, -0.25) is 9.69 Å². The minimum atomic E-state index is -0.566. The van der Waals surface area contributed by atoms with Crippen molar-refractivity contribution in [1.82, 2.24) is 4.90 Å². The first kappa shape index (κ1) is 12.8. The SMILES string of the molecule is COC(=O)[C@@H]1CN(C[C@H]2CCCO2)CC[C@H]1O. The highest BCUT2D eigenvalue weighted by atomic mass is 16.5. The molecule has 1 N–H and O–H groups in total. The summed E-state index contributed by atoms with van der Waals surface area (Å²) in [6.07, 6.45) is 2.59. The summed E-state index contributed by atoms with van der Waals surface area (Å²) in [5.41, 5.74) is 0. The van der Waals surface area contributed by atoms with Crippen molar-refractivity contribution in [2.45, 2.75) is 31.5 Å². The first-order valence-corrected chi connectivity index (χ1v) is 6.30. The van der Waals surface area contributed by atoms with Gasteiger partial charge in [0.25, 0.3) is 0 Å². The molecule has 0 aromatic rings. The Labute approximate surface area is 102 Å². The molecule has 5 heteroatoms. The van der Waals surface area contributed by atoms with Gasteiger partial charge in [0.05, 0.1) is 25.2 Å². The summed E-state index contributed by atoms with van der Waals surface area (Å²) in [6.45, 7) is 3.12. The number of nitrogens with zero attached hydrogens (tertiary/aromatic N) is 1. The van der Waals surface area contributed by atoms with Crippen molar-refractivity contribution < 1.29 is 19.4 Å². The van der Waals surface area contributed by atoms with E-state index < -0.39 is 12.0 Å². The van der Waals surface area contributed by atoms with Crippen molar-refractivity contribution in [2.24, 2.45) is 5.92 Å². The van der Waals surface area contributed by atoms with Gasteiger partial charge in [-0.05, 0) is 19.3 Å². The van der Waals surface area contributed by atoms with Crippen LogP contribution in [0, 0.1) is 5.92 Å². The molecule has 17 heavy (non-hydrogen) atoms. The molecule has 2 fully saturated rings. The Kier molecular flexibility index (Phi) is 4.36. The number of hydrogen-bond donors (Lipinski definition) is 1. The Hall–Kier alpha value is -0.650. The van der Waals surface area contributed by atoms with E-state index in [9.17, 15) is 9.90 Å². The molecule has 0 spiro atoms. The number of likely N-dealkylation sites (tertiary alicyclic amines) is 1. The van der Waals surface area contributed by atoms with Crippen molar-refractivity contribution in [2.75, 3.05) is 33.4 Å². The number of carbonyl (C=O) groups is 1. The number of aliphatic hydroxyl groups is 1. The van der Waals surface area contributed by atoms with Crippen molar-refractivity contribution >= 4 is 5.97 Å². The molecule has 3 atom stereocenters. The highest BCUT2D eigenvalue weighted by molar-refractivity contribution is 5.73. The van der Waals surface area contributed by atoms with E-state index in [1.165, 1.54) is 7.11 Å². The Morgan fingerprint density at radius 1 is 1.53 bits per heavy atom. The number of hydrogen-bond acceptors (Lipinski definition) is 5. The van der Waals surface area contributed by atoms with Gasteiger partial charge in [-0.15, -0.1) is 0 Å². The maximum absolute atomic E-state index is 11.5. The van der Waals surface area contributed by atoms with Crippen LogP contribution in [-0.4, -0.2) is 61.5 Å². The Balaban J connectivity index is 1.85. The van der Waals surface area contributed by atoms with Crippen LogP contribution in [-0.2, 0) is 14.3 Å². The monoisotopic (exact) mass is 243 g/mol. The fourth-order valence-corrected chi connectivity index (χ4v) is 2.63. The second kappa shape index (κ2) is 5.80. The van der Waals surface area contributed by atoms with Gasteiger partial charge in [-0.1, -0.05) is 0 Å². The number of esters is 1. The molecular weight excluding hydrogens is 222 g/mol. The Morgan fingerprint density at radius 2 is 2.35 bits per heavy atom. The van der Waals surface area contributed by atoms with Crippen LogP contribution in [0.1, 0.15) is 19.3 Å². The number of piperidine rings is 1. The zero-order valence-corrected chi connectivity index (χ0v) is 10.3. The summed E-state index contributed by atoms with van der Waals surface area (Å²) in [5.74, 6) is -0.718. The van der Waals surface area contributed by atoms with Gasteiger partial charge >= 0.3 is 5.97 Å². The number of rotatable bonds is 3. The van der Waals surface area contributed by atoms with Crippen molar-refractivity contribution in [3.05, 3.63) is 0 Å². The predicted molar refractivity (Wildman–Crippen MR) is 61.5 cm³/mol. The molecule has 2 aliphatic rings. The van der Waals surface area contributed by atoms with Crippen molar-refractivity contribution in [3.8, 4) is 0 Å². The molecule has 2 rings (SSSR count). The first-order valence-electron chi connectivity index (χ1n) is 6.30. The summed E-state index contributed by atoms with van der Waals surface area (Å²) in [5, 5.41) is 9.79. The highest BCUT2D eigenvalue weighted by Crippen LogP contribution is 2.21. The molecule has 5 nitrogen and oxygen atoms in total. The fourth-order valence-electron chi connectivity index (χ4n) is 2.63. The summed E-state index contributed by atoms with van der Waals surface area (Å²) in [4.78, 5) is 13.7. The summed E-state index contributed by atoms with van der Waals surface area (Å²) in [6, 6.07) is 0. The molecule has 98 valence electrons. The summed E-state index contributed by atoms with van der Waals surface area (Å²) < 4.78 is 10.3. The average molecular weight is 243 g/mol. The standard InChI is InChI=1S/C12H21NO4/c1-16-12(15)10-8-13(5-4-11(10)14)7-9-3-2-6-17-9/h9-11,14H,2-8H2,1H3/t9-,10-,11-/m1/s1. The van der Waals surface area contributed by atoms with Gasteiger partial charge in [0.2, 0.25) is 0 Å². The van der Waals surface area contributed by atoms with Gasteiger partial charge in [-0.2, -0.15) is 0 Å². The third-order valence-electron chi connectivity index (χ3n) is 3.65. The first-order chi connectivity index (χ1) is 8.20. The van der Waals surface area contributed by atoms with Gasteiger partial charge < -0.3 is 14.6 Å².